The highest BCUT2D eigenvalue weighted by Gasteiger charge is 2.20. The summed E-state index contributed by atoms with van der Waals surface area (Å²) in [5.74, 6) is 0.557. The first-order valence-corrected chi connectivity index (χ1v) is 12.7. The largest absolute Gasteiger partial charge is 0.494 e. The van der Waals surface area contributed by atoms with Crippen LogP contribution in [0, 0.1) is 0 Å². The lowest BCUT2D eigenvalue weighted by Gasteiger charge is -2.13. The van der Waals surface area contributed by atoms with Crippen molar-refractivity contribution in [2.45, 2.75) is 28.7 Å². The summed E-state index contributed by atoms with van der Waals surface area (Å²) in [6, 6.07) is 20.6. The molecule has 0 aliphatic rings. The molecule has 2 N–H and O–H groups in total. The fourth-order valence-electron chi connectivity index (χ4n) is 3.11. The van der Waals surface area contributed by atoms with Crippen LogP contribution in [0.2, 0.25) is 0 Å². The smallest absolute Gasteiger partial charge is 0.263 e. The van der Waals surface area contributed by atoms with Gasteiger partial charge in [0.25, 0.3) is 10.0 Å². The van der Waals surface area contributed by atoms with Gasteiger partial charge in [-0.15, -0.1) is 0 Å². The maximum absolute atomic E-state index is 13.1. The molecule has 0 radical (unpaired) electrons. The lowest BCUT2D eigenvalue weighted by molar-refractivity contribution is -0.114. The number of aromatic nitrogens is 2. The van der Waals surface area contributed by atoms with E-state index in [2.05, 4.69) is 20.0 Å². The fourth-order valence-corrected chi connectivity index (χ4v) is 5.02. The van der Waals surface area contributed by atoms with E-state index in [1.165, 1.54) is 30.8 Å². The Balaban J connectivity index is 1.67. The molecule has 0 saturated carbocycles. The minimum atomic E-state index is -3.92. The molecule has 0 aliphatic carbocycles. The second-order valence-corrected chi connectivity index (χ2v) is 9.93. The van der Waals surface area contributed by atoms with Crippen molar-refractivity contribution in [3.05, 3.63) is 72.8 Å². The lowest BCUT2D eigenvalue weighted by Crippen LogP contribution is -2.15. The molecular formula is C24H22N4O4S2. The molecule has 0 fully saturated rings. The molecule has 1 aromatic heterocycles. The number of carbonyl (C=O) groups is 1. The van der Waals surface area contributed by atoms with Crippen molar-refractivity contribution in [3.63, 3.8) is 0 Å². The molecular weight excluding hydrogens is 472 g/mol. The first-order valence-electron chi connectivity index (χ1n) is 10.4. The van der Waals surface area contributed by atoms with E-state index in [1.54, 1.807) is 30.3 Å². The van der Waals surface area contributed by atoms with Crippen LogP contribution in [0.3, 0.4) is 0 Å². The van der Waals surface area contributed by atoms with Gasteiger partial charge in [0.05, 0.1) is 22.5 Å². The van der Waals surface area contributed by atoms with Crippen LogP contribution >= 0.6 is 11.8 Å². The molecule has 174 valence electrons. The van der Waals surface area contributed by atoms with Crippen molar-refractivity contribution in [3.8, 4) is 5.75 Å². The molecule has 0 spiro atoms. The topological polar surface area (TPSA) is 110 Å². The maximum Gasteiger partial charge on any atom is 0.263 e. The third kappa shape index (κ3) is 5.64. The number of nitrogens with zero attached hydrogens (tertiary/aromatic N) is 2. The Morgan fingerprint density at radius 3 is 2.21 bits per heavy atom. The van der Waals surface area contributed by atoms with Crippen LogP contribution in [0.4, 0.5) is 11.5 Å². The number of para-hydroxylation sites is 2. The molecule has 0 bridgehead atoms. The molecule has 0 saturated heterocycles. The summed E-state index contributed by atoms with van der Waals surface area (Å²) < 4.78 is 34.2. The predicted octanol–water partition coefficient (Wildman–Crippen LogP) is 4.94. The normalized spacial score (nSPS) is 11.2. The van der Waals surface area contributed by atoms with Gasteiger partial charge in [0.1, 0.15) is 10.8 Å². The third-order valence-corrected chi connectivity index (χ3v) is 6.94. The number of nitrogens with one attached hydrogen (secondary N) is 2. The molecule has 10 heteroatoms. The summed E-state index contributed by atoms with van der Waals surface area (Å²) in [7, 11) is -3.92. The van der Waals surface area contributed by atoms with E-state index in [-0.39, 0.29) is 16.6 Å². The van der Waals surface area contributed by atoms with E-state index in [1.807, 2.05) is 37.3 Å². The van der Waals surface area contributed by atoms with E-state index in [0.717, 1.165) is 4.90 Å². The highest BCUT2D eigenvalue weighted by atomic mass is 32.2. The Labute approximate surface area is 201 Å². The monoisotopic (exact) mass is 494 g/mol. The molecule has 0 aliphatic heterocycles. The summed E-state index contributed by atoms with van der Waals surface area (Å²) in [4.78, 5) is 21.3. The zero-order valence-electron chi connectivity index (χ0n) is 18.5. The van der Waals surface area contributed by atoms with Gasteiger partial charge in [-0.2, -0.15) is 0 Å². The van der Waals surface area contributed by atoms with Gasteiger partial charge in [-0.05, 0) is 67.6 Å². The fraction of sp³-hybridized carbons (Fsp3) is 0.125. The van der Waals surface area contributed by atoms with Gasteiger partial charge in [0, 0.05) is 17.5 Å². The first kappa shape index (κ1) is 23.5. The number of rotatable bonds is 8. The summed E-state index contributed by atoms with van der Waals surface area (Å²) >= 11 is 1.27. The van der Waals surface area contributed by atoms with Gasteiger partial charge < -0.3 is 10.1 Å². The van der Waals surface area contributed by atoms with E-state index >= 15 is 0 Å². The molecule has 1 heterocycles. The van der Waals surface area contributed by atoms with E-state index in [4.69, 9.17) is 4.74 Å². The SMILES string of the molecule is CCOc1ccc(S(=O)(=O)Nc2nc3ccccc3nc2Sc2ccc(NC(C)=O)cc2)cc1. The standard InChI is InChI=1S/C24H22N4O4S2/c1-3-32-18-10-14-20(15-11-18)34(30,31)28-23-24(27-22-7-5-4-6-21(22)26-23)33-19-12-8-17(9-13-19)25-16(2)29/h4-15H,3H2,1-2H3,(H,25,29)(H,26,28). The van der Waals surface area contributed by atoms with E-state index in [9.17, 15) is 13.2 Å². The summed E-state index contributed by atoms with van der Waals surface area (Å²) in [5.41, 5.74) is 1.87. The summed E-state index contributed by atoms with van der Waals surface area (Å²) in [6.45, 7) is 3.79. The number of carbonyl (C=O) groups excluding carboxylic acids is 1. The van der Waals surface area contributed by atoms with Gasteiger partial charge >= 0.3 is 0 Å². The van der Waals surface area contributed by atoms with Crippen LogP contribution in [0.15, 0.2) is 87.6 Å². The van der Waals surface area contributed by atoms with Crippen molar-refractivity contribution in [1.29, 1.82) is 0 Å². The number of anilines is 2. The van der Waals surface area contributed by atoms with Crippen molar-refractivity contribution in [1.82, 2.24) is 9.97 Å². The zero-order chi connectivity index (χ0) is 24.1. The number of amides is 1. The highest BCUT2D eigenvalue weighted by Crippen LogP contribution is 2.34. The van der Waals surface area contributed by atoms with Crippen molar-refractivity contribution in [2.24, 2.45) is 0 Å². The Morgan fingerprint density at radius 1 is 0.941 bits per heavy atom. The first-order chi connectivity index (χ1) is 16.3. The number of hydrogen-bond donors (Lipinski definition) is 2. The number of hydrogen-bond acceptors (Lipinski definition) is 7. The van der Waals surface area contributed by atoms with Crippen molar-refractivity contribution in [2.75, 3.05) is 16.6 Å². The molecule has 0 atom stereocenters. The van der Waals surface area contributed by atoms with Crippen LogP contribution in [0.25, 0.3) is 11.0 Å². The summed E-state index contributed by atoms with van der Waals surface area (Å²) in [6.07, 6.45) is 0. The number of ether oxygens (including phenoxy) is 1. The highest BCUT2D eigenvalue weighted by molar-refractivity contribution is 7.99. The molecule has 4 rings (SSSR count). The van der Waals surface area contributed by atoms with Gasteiger partial charge in [0.15, 0.2) is 5.82 Å². The summed E-state index contributed by atoms with van der Waals surface area (Å²) in [5, 5.41) is 3.12. The molecule has 3 aromatic carbocycles. The predicted molar refractivity (Wildman–Crippen MR) is 133 cm³/mol. The van der Waals surface area contributed by atoms with Crippen LogP contribution in [0.5, 0.6) is 5.75 Å². The van der Waals surface area contributed by atoms with Gasteiger partial charge in [-0.25, -0.2) is 18.4 Å². The zero-order valence-corrected chi connectivity index (χ0v) is 20.1. The van der Waals surface area contributed by atoms with Crippen LogP contribution in [-0.4, -0.2) is 30.9 Å². The van der Waals surface area contributed by atoms with Crippen LogP contribution in [0.1, 0.15) is 13.8 Å². The minimum absolute atomic E-state index is 0.0847. The number of fused-ring (bicyclic) bond motifs is 1. The molecule has 1 amide bonds. The Bertz CT molecular complexity index is 1420. The Kier molecular flexibility index (Phi) is 6.99. The average Bonchev–Trinajstić information content (AvgIpc) is 2.81. The molecule has 4 aromatic rings. The van der Waals surface area contributed by atoms with Crippen molar-refractivity contribution >= 4 is 50.2 Å². The van der Waals surface area contributed by atoms with Gasteiger partial charge in [0.2, 0.25) is 5.91 Å². The Morgan fingerprint density at radius 2 is 1.59 bits per heavy atom. The van der Waals surface area contributed by atoms with Crippen LogP contribution in [-0.2, 0) is 14.8 Å². The van der Waals surface area contributed by atoms with Gasteiger partial charge in [-0.3, -0.25) is 9.52 Å². The van der Waals surface area contributed by atoms with Crippen LogP contribution < -0.4 is 14.8 Å². The second-order valence-electron chi connectivity index (χ2n) is 7.18. The second kappa shape index (κ2) is 10.1. The van der Waals surface area contributed by atoms with Crippen molar-refractivity contribution < 1.29 is 17.9 Å². The molecule has 0 unspecified atom stereocenters. The average molecular weight is 495 g/mol. The maximum atomic E-state index is 13.1. The number of sulfonamides is 1. The number of benzene rings is 3. The third-order valence-electron chi connectivity index (χ3n) is 4.60. The minimum Gasteiger partial charge on any atom is -0.494 e. The van der Waals surface area contributed by atoms with E-state index in [0.29, 0.717) is 34.1 Å². The quantitative estimate of drug-likeness (QED) is 0.357. The Hall–Kier alpha value is -3.63. The lowest BCUT2D eigenvalue weighted by atomic mass is 10.3. The molecule has 8 nitrogen and oxygen atoms in total. The van der Waals surface area contributed by atoms with Gasteiger partial charge in [-0.1, -0.05) is 23.9 Å². The molecule has 34 heavy (non-hydrogen) atoms. The van der Waals surface area contributed by atoms with E-state index < -0.39 is 10.0 Å².